The molecule has 4 nitrogen and oxygen atoms in total. The Bertz CT molecular complexity index is 790. The molecule has 3 aromatic rings. The number of hydrogen-bond donors (Lipinski definition) is 1. The van der Waals surface area contributed by atoms with Crippen molar-refractivity contribution >= 4 is 17.2 Å². The fourth-order valence-corrected chi connectivity index (χ4v) is 2.97. The number of rotatable bonds is 4. The van der Waals surface area contributed by atoms with Gasteiger partial charge in [0.2, 0.25) is 0 Å². The lowest BCUT2D eigenvalue weighted by Gasteiger charge is -2.07. The molecule has 0 unspecified atom stereocenters. The molecule has 3 rings (SSSR count). The van der Waals surface area contributed by atoms with Crippen LogP contribution in [-0.4, -0.2) is 15.7 Å². The Kier molecular flexibility index (Phi) is 4.06. The maximum Gasteiger partial charge on any atom is 0.255 e. The van der Waals surface area contributed by atoms with Gasteiger partial charge in [0.1, 0.15) is 0 Å². The Morgan fingerprint density at radius 1 is 1.27 bits per heavy atom. The zero-order chi connectivity index (χ0) is 15.5. The summed E-state index contributed by atoms with van der Waals surface area (Å²) in [6, 6.07) is 12.0. The summed E-state index contributed by atoms with van der Waals surface area (Å²) < 4.78 is 1.80. The molecule has 0 aliphatic carbocycles. The number of aryl methyl sites for hydroxylation is 1. The van der Waals surface area contributed by atoms with E-state index in [2.05, 4.69) is 10.4 Å². The molecular formula is C17H17N3OS. The van der Waals surface area contributed by atoms with E-state index in [-0.39, 0.29) is 5.91 Å². The van der Waals surface area contributed by atoms with Crippen molar-refractivity contribution < 1.29 is 4.79 Å². The van der Waals surface area contributed by atoms with Crippen molar-refractivity contribution in [2.24, 2.45) is 0 Å². The van der Waals surface area contributed by atoms with Gasteiger partial charge in [0.05, 0.1) is 29.7 Å². The van der Waals surface area contributed by atoms with E-state index >= 15 is 0 Å². The van der Waals surface area contributed by atoms with Crippen molar-refractivity contribution in [3.63, 3.8) is 0 Å². The molecule has 2 heterocycles. The molecule has 0 aliphatic rings. The highest BCUT2D eigenvalue weighted by Gasteiger charge is 2.15. The summed E-state index contributed by atoms with van der Waals surface area (Å²) >= 11 is 1.63. The van der Waals surface area contributed by atoms with E-state index in [4.69, 9.17) is 0 Å². The van der Waals surface area contributed by atoms with Crippen LogP contribution in [0.4, 0.5) is 0 Å². The van der Waals surface area contributed by atoms with Gasteiger partial charge in [-0.15, -0.1) is 11.3 Å². The lowest BCUT2D eigenvalue weighted by molar-refractivity contribution is 0.0950. The molecule has 1 amide bonds. The molecule has 0 aliphatic heterocycles. The fraction of sp³-hybridized carbons (Fsp3) is 0.176. The Hall–Kier alpha value is -2.40. The minimum atomic E-state index is -0.0928. The first-order valence-electron chi connectivity index (χ1n) is 7.07. The molecule has 0 fully saturated rings. The van der Waals surface area contributed by atoms with Crippen LogP contribution in [0, 0.1) is 13.8 Å². The third-order valence-corrected chi connectivity index (χ3v) is 4.38. The number of nitrogens with one attached hydrogen (secondary N) is 1. The SMILES string of the molecule is Cc1cccc(-n2ncc(C(=O)NCc3cccs3)c2C)c1. The number of hydrogen-bond acceptors (Lipinski definition) is 3. The van der Waals surface area contributed by atoms with Crippen LogP contribution in [0.15, 0.2) is 48.0 Å². The van der Waals surface area contributed by atoms with Gasteiger partial charge in [-0.2, -0.15) is 5.10 Å². The van der Waals surface area contributed by atoms with Gasteiger partial charge in [-0.25, -0.2) is 4.68 Å². The van der Waals surface area contributed by atoms with Gasteiger partial charge in [0.15, 0.2) is 0 Å². The van der Waals surface area contributed by atoms with Crippen LogP contribution < -0.4 is 5.32 Å². The van der Waals surface area contributed by atoms with Gasteiger partial charge < -0.3 is 5.32 Å². The quantitative estimate of drug-likeness (QED) is 0.802. The van der Waals surface area contributed by atoms with Crippen molar-refractivity contribution in [3.8, 4) is 5.69 Å². The average Bonchev–Trinajstić information content (AvgIpc) is 3.14. The molecular weight excluding hydrogens is 294 g/mol. The van der Waals surface area contributed by atoms with Crippen molar-refractivity contribution in [1.82, 2.24) is 15.1 Å². The minimum Gasteiger partial charge on any atom is -0.347 e. The van der Waals surface area contributed by atoms with E-state index in [1.807, 2.05) is 55.6 Å². The Balaban J connectivity index is 1.79. The summed E-state index contributed by atoms with van der Waals surface area (Å²) in [5.74, 6) is -0.0928. The number of aromatic nitrogens is 2. The molecule has 1 N–H and O–H groups in total. The van der Waals surface area contributed by atoms with Gasteiger partial charge in [0.25, 0.3) is 5.91 Å². The summed E-state index contributed by atoms with van der Waals surface area (Å²) in [4.78, 5) is 13.4. The molecule has 0 saturated heterocycles. The van der Waals surface area contributed by atoms with Crippen LogP contribution in [0.25, 0.3) is 5.69 Å². The number of thiophene rings is 1. The number of carbonyl (C=O) groups is 1. The number of carbonyl (C=O) groups excluding carboxylic acids is 1. The van der Waals surface area contributed by atoms with Crippen molar-refractivity contribution in [3.05, 3.63) is 69.7 Å². The monoisotopic (exact) mass is 311 g/mol. The minimum absolute atomic E-state index is 0.0928. The van der Waals surface area contributed by atoms with Gasteiger partial charge in [-0.05, 0) is 43.0 Å². The highest BCUT2D eigenvalue weighted by Crippen LogP contribution is 2.16. The van der Waals surface area contributed by atoms with Crippen LogP contribution in [0.5, 0.6) is 0 Å². The average molecular weight is 311 g/mol. The first-order chi connectivity index (χ1) is 10.6. The molecule has 22 heavy (non-hydrogen) atoms. The predicted octanol–water partition coefficient (Wildman–Crippen LogP) is 3.48. The second kappa shape index (κ2) is 6.15. The lowest BCUT2D eigenvalue weighted by Crippen LogP contribution is -2.22. The van der Waals surface area contributed by atoms with Crippen LogP contribution in [0.1, 0.15) is 26.5 Å². The first kappa shape index (κ1) is 14.5. The molecule has 0 radical (unpaired) electrons. The van der Waals surface area contributed by atoms with E-state index in [9.17, 15) is 4.79 Å². The molecule has 1 aromatic carbocycles. The second-order valence-electron chi connectivity index (χ2n) is 5.16. The topological polar surface area (TPSA) is 46.9 Å². The third-order valence-electron chi connectivity index (χ3n) is 3.50. The predicted molar refractivity (Wildman–Crippen MR) is 88.5 cm³/mol. The van der Waals surface area contributed by atoms with Gasteiger partial charge in [-0.3, -0.25) is 4.79 Å². The third kappa shape index (κ3) is 2.94. The van der Waals surface area contributed by atoms with Crippen molar-refractivity contribution in [1.29, 1.82) is 0 Å². The molecule has 0 atom stereocenters. The van der Waals surface area contributed by atoms with E-state index in [1.54, 1.807) is 22.2 Å². The van der Waals surface area contributed by atoms with Crippen LogP contribution in [0.3, 0.4) is 0 Å². The zero-order valence-corrected chi connectivity index (χ0v) is 13.4. The Labute approximate surface area is 133 Å². The molecule has 0 saturated carbocycles. The summed E-state index contributed by atoms with van der Waals surface area (Å²) in [5.41, 5.74) is 3.58. The van der Waals surface area contributed by atoms with Crippen molar-refractivity contribution in [2.75, 3.05) is 0 Å². The molecule has 2 aromatic heterocycles. The summed E-state index contributed by atoms with van der Waals surface area (Å²) in [6.07, 6.45) is 1.63. The van der Waals surface area contributed by atoms with E-state index < -0.39 is 0 Å². The summed E-state index contributed by atoms with van der Waals surface area (Å²) in [5, 5.41) is 9.29. The van der Waals surface area contributed by atoms with Crippen LogP contribution in [-0.2, 0) is 6.54 Å². The fourth-order valence-electron chi connectivity index (χ4n) is 2.33. The zero-order valence-electron chi connectivity index (χ0n) is 12.5. The van der Waals surface area contributed by atoms with Gasteiger partial charge in [-0.1, -0.05) is 18.2 Å². The van der Waals surface area contributed by atoms with E-state index in [1.165, 1.54) is 0 Å². The Morgan fingerprint density at radius 3 is 2.86 bits per heavy atom. The van der Waals surface area contributed by atoms with Gasteiger partial charge >= 0.3 is 0 Å². The second-order valence-corrected chi connectivity index (χ2v) is 6.19. The molecule has 0 bridgehead atoms. The van der Waals surface area contributed by atoms with Crippen molar-refractivity contribution in [2.45, 2.75) is 20.4 Å². The van der Waals surface area contributed by atoms with Crippen LogP contribution >= 0.6 is 11.3 Å². The maximum absolute atomic E-state index is 12.3. The number of benzene rings is 1. The normalized spacial score (nSPS) is 10.6. The smallest absolute Gasteiger partial charge is 0.255 e. The van der Waals surface area contributed by atoms with Crippen LogP contribution in [0.2, 0.25) is 0 Å². The molecule has 112 valence electrons. The number of amides is 1. The maximum atomic E-state index is 12.3. The lowest BCUT2D eigenvalue weighted by atomic mass is 10.2. The summed E-state index contributed by atoms with van der Waals surface area (Å²) in [6.45, 7) is 4.50. The highest BCUT2D eigenvalue weighted by molar-refractivity contribution is 7.09. The molecule has 0 spiro atoms. The largest absolute Gasteiger partial charge is 0.347 e. The first-order valence-corrected chi connectivity index (χ1v) is 7.95. The summed E-state index contributed by atoms with van der Waals surface area (Å²) in [7, 11) is 0. The standard InChI is InChI=1S/C17H17N3OS/c1-12-5-3-6-14(9-12)20-13(2)16(11-19-20)17(21)18-10-15-7-4-8-22-15/h3-9,11H,10H2,1-2H3,(H,18,21). The van der Waals surface area contributed by atoms with E-state index in [0.717, 1.165) is 21.8 Å². The highest BCUT2D eigenvalue weighted by atomic mass is 32.1. The molecule has 5 heteroatoms. The number of nitrogens with zero attached hydrogens (tertiary/aromatic N) is 2. The Morgan fingerprint density at radius 2 is 2.14 bits per heavy atom. The van der Waals surface area contributed by atoms with Gasteiger partial charge in [0, 0.05) is 4.88 Å². The van der Waals surface area contributed by atoms with E-state index in [0.29, 0.717) is 12.1 Å².